The van der Waals surface area contributed by atoms with Gasteiger partial charge in [-0.2, -0.15) is 0 Å². The van der Waals surface area contributed by atoms with Crippen molar-refractivity contribution in [2.24, 2.45) is 5.41 Å². The number of hydrogen-bond donors (Lipinski definition) is 1. The third kappa shape index (κ3) is 3.95. The third-order valence-electron chi connectivity index (χ3n) is 8.04. The van der Waals surface area contributed by atoms with Crippen molar-refractivity contribution in [2.75, 3.05) is 5.32 Å². The Morgan fingerprint density at radius 1 is 1.03 bits per heavy atom. The summed E-state index contributed by atoms with van der Waals surface area (Å²) in [6.07, 6.45) is 4.88. The standard InChI is InChI=1S/C32H32N4O2/c1-20(22-9-6-5-7-10-22)36(30(38)31(2,3)4)19-21-13-23-14-24-16-32(17-25(24)15-27(23)34-18-21)26-11-8-12-33-28(26)35-29(32)37/h5-15,18,20H,16-17,19H2,1-4H3,(H,33,35,37)/t20-,32+/m1/s1. The summed E-state index contributed by atoms with van der Waals surface area (Å²) in [6, 6.07) is 20.4. The van der Waals surface area contributed by atoms with Crippen LogP contribution in [0.5, 0.6) is 0 Å². The summed E-state index contributed by atoms with van der Waals surface area (Å²) in [6.45, 7) is 8.44. The van der Waals surface area contributed by atoms with Crippen LogP contribution < -0.4 is 5.32 Å². The van der Waals surface area contributed by atoms with E-state index < -0.39 is 10.8 Å². The van der Waals surface area contributed by atoms with Gasteiger partial charge in [0.25, 0.3) is 0 Å². The largest absolute Gasteiger partial charge is 0.331 e. The lowest BCUT2D eigenvalue weighted by Gasteiger charge is -2.34. The second-order valence-electron chi connectivity index (χ2n) is 11.7. The van der Waals surface area contributed by atoms with E-state index in [9.17, 15) is 9.59 Å². The highest BCUT2D eigenvalue weighted by atomic mass is 16.2. The Hall–Kier alpha value is -4.06. The van der Waals surface area contributed by atoms with E-state index >= 15 is 0 Å². The first-order valence-corrected chi connectivity index (χ1v) is 13.2. The van der Waals surface area contributed by atoms with Gasteiger partial charge >= 0.3 is 0 Å². The molecule has 0 saturated carbocycles. The Balaban J connectivity index is 1.33. The Bertz CT molecular complexity index is 1570. The van der Waals surface area contributed by atoms with Crippen molar-refractivity contribution in [3.05, 3.63) is 101 Å². The van der Waals surface area contributed by atoms with Gasteiger partial charge in [0.05, 0.1) is 17.0 Å². The quantitative estimate of drug-likeness (QED) is 0.384. The number of benzene rings is 2. The molecular formula is C32H32N4O2. The fourth-order valence-electron chi connectivity index (χ4n) is 5.96. The van der Waals surface area contributed by atoms with Crippen molar-refractivity contribution in [1.29, 1.82) is 0 Å². The van der Waals surface area contributed by atoms with Gasteiger partial charge in [-0.25, -0.2) is 4.98 Å². The van der Waals surface area contributed by atoms with E-state index in [1.807, 2.05) is 62.2 Å². The zero-order valence-corrected chi connectivity index (χ0v) is 22.3. The normalized spacial score (nSPS) is 18.8. The molecule has 1 spiro atoms. The van der Waals surface area contributed by atoms with E-state index in [-0.39, 0.29) is 17.9 Å². The molecular weight excluding hydrogens is 472 g/mol. The summed E-state index contributed by atoms with van der Waals surface area (Å²) < 4.78 is 0. The van der Waals surface area contributed by atoms with Crippen LogP contribution in [0.4, 0.5) is 5.82 Å². The first-order chi connectivity index (χ1) is 18.2. The first-order valence-electron chi connectivity index (χ1n) is 13.2. The molecule has 1 aliphatic heterocycles. The van der Waals surface area contributed by atoms with E-state index in [2.05, 4.69) is 47.6 Å². The van der Waals surface area contributed by atoms with Crippen molar-refractivity contribution in [2.45, 2.75) is 58.5 Å². The number of nitrogens with one attached hydrogen (secondary N) is 1. The number of amides is 2. The van der Waals surface area contributed by atoms with Gasteiger partial charge in [-0.3, -0.25) is 14.6 Å². The molecule has 2 aliphatic rings. The maximum absolute atomic E-state index is 13.5. The minimum absolute atomic E-state index is 0.0198. The van der Waals surface area contributed by atoms with Crippen molar-refractivity contribution < 1.29 is 9.59 Å². The summed E-state index contributed by atoms with van der Waals surface area (Å²) in [7, 11) is 0. The average molecular weight is 505 g/mol. The molecule has 2 aromatic carbocycles. The van der Waals surface area contributed by atoms with E-state index in [1.54, 1.807) is 6.20 Å². The average Bonchev–Trinajstić information content (AvgIpc) is 3.41. The molecule has 0 fully saturated rings. The van der Waals surface area contributed by atoms with Crippen LogP contribution >= 0.6 is 0 Å². The molecule has 38 heavy (non-hydrogen) atoms. The van der Waals surface area contributed by atoms with Crippen LogP contribution in [0.3, 0.4) is 0 Å². The van der Waals surface area contributed by atoms with Crippen LogP contribution in [0, 0.1) is 5.41 Å². The van der Waals surface area contributed by atoms with Crippen molar-refractivity contribution >= 4 is 28.5 Å². The molecule has 2 atom stereocenters. The van der Waals surface area contributed by atoms with Gasteiger partial charge in [-0.1, -0.05) is 57.2 Å². The molecule has 192 valence electrons. The Labute approximate surface area is 223 Å². The highest BCUT2D eigenvalue weighted by molar-refractivity contribution is 6.06. The summed E-state index contributed by atoms with van der Waals surface area (Å²) in [5.74, 6) is 0.794. The number of nitrogens with zero attached hydrogens (tertiary/aromatic N) is 3. The number of aromatic nitrogens is 2. The Kier molecular flexibility index (Phi) is 5.60. The SMILES string of the molecule is C[C@H](c1ccccc1)N(Cc1cnc2cc3c(cc2c1)C[C@@]1(C3)C(=O)Nc2ncccc21)C(=O)C(C)(C)C. The van der Waals surface area contributed by atoms with Crippen molar-refractivity contribution in [3.8, 4) is 0 Å². The lowest BCUT2D eigenvalue weighted by atomic mass is 9.79. The first kappa shape index (κ1) is 24.3. The van der Waals surface area contributed by atoms with Gasteiger partial charge in [0.2, 0.25) is 11.8 Å². The second-order valence-corrected chi connectivity index (χ2v) is 11.7. The van der Waals surface area contributed by atoms with Crippen LogP contribution in [0.2, 0.25) is 0 Å². The number of pyridine rings is 2. The predicted molar refractivity (Wildman–Crippen MR) is 149 cm³/mol. The van der Waals surface area contributed by atoms with E-state index in [4.69, 9.17) is 4.98 Å². The summed E-state index contributed by atoms with van der Waals surface area (Å²) in [5, 5.41) is 4.01. The van der Waals surface area contributed by atoms with Crippen LogP contribution in [0.15, 0.2) is 73.1 Å². The highest BCUT2D eigenvalue weighted by Crippen LogP contribution is 2.47. The predicted octanol–water partition coefficient (Wildman–Crippen LogP) is 5.75. The van der Waals surface area contributed by atoms with Crippen molar-refractivity contribution in [1.82, 2.24) is 14.9 Å². The molecule has 1 N–H and O–H groups in total. The molecule has 6 heteroatoms. The fourth-order valence-corrected chi connectivity index (χ4v) is 5.96. The Morgan fingerprint density at radius 3 is 2.50 bits per heavy atom. The number of carbonyl (C=O) groups excluding carboxylic acids is 2. The maximum atomic E-state index is 13.5. The summed E-state index contributed by atoms with van der Waals surface area (Å²) >= 11 is 0. The Morgan fingerprint density at radius 2 is 1.76 bits per heavy atom. The van der Waals surface area contributed by atoms with Crippen LogP contribution in [-0.4, -0.2) is 26.7 Å². The summed E-state index contributed by atoms with van der Waals surface area (Å²) in [5.41, 5.74) is 5.19. The van der Waals surface area contributed by atoms with Crippen molar-refractivity contribution in [3.63, 3.8) is 0 Å². The van der Waals surface area contributed by atoms with Gasteiger partial charge in [0.1, 0.15) is 5.82 Å². The number of carbonyl (C=O) groups is 2. The van der Waals surface area contributed by atoms with Crippen LogP contribution in [-0.2, 0) is 34.4 Å². The number of fused-ring (bicyclic) bond motifs is 4. The molecule has 6 rings (SSSR count). The van der Waals surface area contributed by atoms with E-state index in [0.29, 0.717) is 25.2 Å². The molecule has 2 aromatic heterocycles. The van der Waals surface area contributed by atoms with E-state index in [1.165, 1.54) is 5.56 Å². The van der Waals surface area contributed by atoms with Crippen LogP contribution in [0.1, 0.15) is 61.6 Å². The minimum Gasteiger partial charge on any atom is -0.331 e. The van der Waals surface area contributed by atoms with Gasteiger partial charge < -0.3 is 10.2 Å². The second kappa shape index (κ2) is 8.76. The van der Waals surface area contributed by atoms with Gasteiger partial charge in [0, 0.05) is 35.3 Å². The zero-order valence-electron chi connectivity index (χ0n) is 22.3. The highest BCUT2D eigenvalue weighted by Gasteiger charge is 2.51. The number of rotatable bonds is 4. The topological polar surface area (TPSA) is 75.2 Å². The van der Waals surface area contributed by atoms with Gasteiger partial charge in [0.15, 0.2) is 0 Å². The fraction of sp³-hybridized carbons (Fsp3) is 0.312. The molecule has 2 amide bonds. The molecule has 0 saturated heterocycles. The smallest absolute Gasteiger partial charge is 0.237 e. The molecule has 0 bridgehead atoms. The molecule has 4 aromatic rings. The number of anilines is 1. The molecule has 6 nitrogen and oxygen atoms in total. The molecule has 0 radical (unpaired) electrons. The minimum atomic E-state index is -0.604. The van der Waals surface area contributed by atoms with Crippen LogP contribution in [0.25, 0.3) is 10.9 Å². The lowest BCUT2D eigenvalue weighted by molar-refractivity contribution is -0.142. The third-order valence-corrected chi connectivity index (χ3v) is 8.04. The molecule has 0 unspecified atom stereocenters. The zero-order chi connectivity index (χ0) is 26.7. The van der Waals surface area contributed by atoms with E-state index in [0.717, 1.165) is 33.2 Å². The number of hydrogen-bond acceptors (Lipinski definition) is 4. The molecule has 1 aliphatic carbocycles. The molecule has 3 heterocycles. The maximum Gasteiger partial charge on any atom is 0.237 e. The van der Waals surface area contributed by atoms with Gasteiger partial charge in [-0.15, -0.1) is 0 Å². The lowest BCUT2D eigenvalue weighted by Crippen LogP contribution is -2.40. The van der Waals surface area contributed by atoms with Gasteiger partial charge in [-0.05, 0) is 66.3 Å². The monoisotopic (exact) mass is 504 g/mol. The summed E-state index contributed by atoms with van der Waals surface area (Å²) in [4.78, 5) is 37.8.